The number of hydrogen-bond acceptors (Lipinski definition) is 10. The van der Waals surface area contributed by atoms with Gasteiger partial charge in [-0.2, -0.15) is 13.8 Å². The van der Waals surface area contributed by atoms with Gasteiger partial charge in [0.1, 0.15) is 23.3 Å². The number of phosphoric acid groups is 1. The smallest absolute Gasteiger partial charge is 0.413 e. The van der Waals surface area contributed by atoms with Gasteiger partial charge in [-0.3, -0.25) is 14.4 Å². The molecule has 0 radical (unpaired) electrons. The van der Waals surface area contributed by atoms with Crippen LogP contribution in [-0.4, -0.2) is 70.0 Å². The predicted molar refractivity (Wildman–Crippen MR) is 157 cm³/mol. The molecule has 44 heavy (non-hydrogen) atoms. The fourth-order valence-electron chi connectivity index (χ4n) is 4.16. The van der Waals surface area contributed by atoms with E-state index in [2.05, 4.69) is 67.5 Å². The molecule has 1 aliphatic rings. The quantitative estimate of drug-likeness (QED) is 0.222. The number of furan rings is 1. The summed E-state index contributed by atoms with van der Waals surface area (Å²) in [7, 11) is -5.27. The van der Waals surface area contributed by atoms with Gasteiger partial charge in [0, 0.05) is 16.1 Å². The molecule has 4 N–H and O–H groups in total. The van der Waals surface area contributed by atoms with Crippen LogP contribution in [0.15, 0.2) is 48.6 Å². The van der Waals surface area contributed by atoms with Crippen LogP contribution >= 0.6 is 39.7 Å². The number of ether oxygens (including phenoxy) is 2. The van der Waals surface area contributed by atoms with E-state index in [-0.39, 0.29) is 12.4 Å². The molecule has 244 valence electrons. The zero-order valence-corrected chi connectivity index (χ0v) is 27.7. The molecule has 0 aliphatic carbocycles. The lowest BCUT2D eigenvalue weighted by atomic mass is 10.1. The molecule has 3 aromatic rings. The lowest BCUT2D eigenvalue weighted by molar-refractivity contribution is -0.894. The Hall–Kier alpha value is -2.28. The Balaban J connectivity index is 0.000000676. The first-order valence-electron chi connectivity index (χ1n) is 13.2. The fourth-order valence-corrected chi connectivity index (χ4v) is 5.84. The highest BCUT2D eigenvalue weighted by molar-refractivity contribution is 9.11. The molecule has 1 fully saturated rings. The van der Waals surface area contributed by atoms with E-state index < -0.39 is 50.6 Å². The lowest BCUT2D eigenvalue weighted by Gasteiger charge is -2.21. The number of anilines is 1. The standard InChI is InChI=1S/C19H16Br2F2N3O10P.C6H15N/c20-9-3-8-4-10(35-14(8)11(21)5-9)6-33-18(29)25-13-1-2-26(17(28)24-13)16-19(22,23)15(27)12(36-16)7-34-37(30,31)32;1-4-7(5-2)6-3/h1-5,12,15-16,27H,6-7H2,(H2,30,31,32)(H,24,25,28,29);4-6H2,1-3H3/t12-,15-,16-;/m1./s1. The number of amides is 1. The number of alkyl halides is 2. The van der Waals surface area contributed by atoms with Crippen molar-refractivity contribution in [1.82, 2.24) is 9.55 Å². The van der Waals surface area contributed by atoms with Gasteiger partial charge in [0.05, 0.1) is 30.7 Å². The second kappa shape index (κ2) is 15.3. The number of aliphatic hydroxyl groups excluding tert-OH is 1. The van der Waals surface area contributed by atoms with Crippen molar-refractivity contribution in [3.8, 4) is 0 Å². The number of carbonyl (C=O) groups is 1. The first kappa shape index (κ1) is 36.2. The molecule has 14 nitrogen and oxygen atoms in total. The summed E-state index contributed by atoms with van der Waals surface area (Å²) in [6.07, 6.45) is -7.04. The van der Waals surface area contributed by atoms with E-state index in [0.717, 1.165) is 22.1 Å². The number of carbonyl (C=O) groups excluding carboxylic acids is 1. The summed E-state index contributed by atoms with van der Waals surface area (Å²) in [5, 5.41) is 12.7. The van der Waals surface area contributed by atoms with Crippen molar-refractivity contribution in [2.75, 3.05) is 31.6 Å². The molecule has 0 spiro atoms. The Labute approximate surface area is 266 Å². The summed E-state index contributed by atoms with van der Waals surface area (Å²) < 4.78 is 61.1. The van der Waals surface area contributed by atoms with Crippen LogP contribution in [0.3, 0.4) is 0 Å². The topological polar surface area (TPSA) is 190 Å². The average molecular weight is 776 g/mol. The number of nitrogens with zero attached hydrogens (tertiary/aromatic N) is 2. The van der Waals surface area contributed by atoms with Crippen molar-refractivity contribution in [3.05, 3.63) is 55.7 Å². The number of fused-ring (bicyclic) bond motifs is 1. The maximum absolute atomic E-state index is 14.5. The van der Waals surface area contributed by atoms with Crippen LogP contribution in [0.4, 0.5) is 19.4 Å². The van der Waals surface area contributed by atoms with E-state index in [9.17, 15) is 32.9 Å². The predicted octanol–water partition coefficient (Wildman–Crippen LogP) is 2.57. The van der Waals surface area contributed by atoms with Gasteiger partial charge < -0.3 is 38.2 Å². The molecule has 1 unspecified atom stereocenters. The van der Waals surface area contributed by atoms with E-state index in [1.807, 2.05) is 0 Å². The number of nitrogens with one attached hydrogen (secondary N) is 2. The first-order chi connectivity index (χ1) is 20.6. The molecule has 1 amide bonds. The third-order valence-corrected chi connectivity index (χ3v) is 8.05. The Bertz CT molecular complexity index is 1540. The van der Waals surface area contributed by atoms with Crippen LogP contribution in [0.1, 0.15) is 32.8 Å². The number of rotatable bonds is 10. The van der Waals surface area contributed by atoms with Crippen molar-refractivity contribution < 1.29 is 56.3 Å². The molecule has 0 saturated carbocycles. The van der Waals surface area contributed by atoms with Crippen LogP contribution < -0.4 is 20.8 Å². The molecule has 2 aromatic heterocycles. The SMILES string of the molecule is CC[NH+](CC)CC.O=C(Nc1ccn([C@@H]2O[C@H](COP(=O)([O-])O)[C@@H](O)C2(F)F)c(=O)n1)OCc1cc2cc(Br)cc(Br)c2o1. The fraction of sp³-hybridized carbons (Fsp3) is 0.480. The summed E-state index contributed by atoms with van der Waals surface area (Å²) in [5.41, 5.74) is -0.753. The summed E-state index contributed by atoms with van der Waals surface area (Å²) in [6, 6.07) is 6.22. The Kier molecular flexibility index (Phi) is 12.6. The summed E-state index contributed by atoms with van der Waals surface area (Å²) in [5.74, 6) is -4.08. The maximum atomic E-state index is 14.5. The zero-order chi connectivity index (χ0) is 32.8. The van der Waals surface area contributed by atoms with Gasteiger partial charge in [-0.05, 0) is 61.0 Å². The summed E-state index contributed by atoms with van der Waals surface area (Å²) >= 11 is 6.71. The number of benzene rings is 1. The largest absolute Gasteiger partial charge is 0.756 e. The number of halogens is 4. The molecular weight excluding hydrogens is 745 g/mol. The minimum absolute atomic E-state index is 0.269. The van der Waals surface area contributed by atoms with Crippen molar-refractivity contribution in [3.63, 3.8) is 0 Å². The normalized spacial score (nSPS) is 20.7. The first-order valence-corrected chi connectivity index (χ1v) is 16.3. The van der Waals surface area contributed by atoms with Gasteiger partial charge in [-0.15, -0.1) is 0 Å². The van der Waals surface area contributed by atoms with Gasteiger partial charge in [0.25, 0.3) is 7.82 Å². The van der Waals surface area contributed by atoms with Crippen LogP contribution in [0, 0.1) is 0 Å². The minimum atomic E-state index is -5.27. The summed E-state index contributed by atoms with van der Waals surface area (Å²) in [6.45, 7) is 9.09. The lowest BCUT2D eigenvalue weighted by Crippen LogP contribution is -3.11. The molecule has 4 atom stereocenters. The van der Waals surface area contributed by atoms with Gasteiger partial charge >= 0.3 is 17.7 Å². The van der Waals surface area contributed by atoms with Crippen molar-refractivity contribution >= 4 is 62.6 Å². The third-order valence-electron chi connectivity index (χ3n) is 6.53. The highest BCUT2D eigenvalue weighted by atomic mass is 79.9. The van der Waals surface area contributed by atoms with Crippen LogP contribution in [-0.2, 0) is 25.2 Å². The van der Waals surface area contributed by atoms with E-state index in [4.69, 9.17) is 18.8 Å². The van der Waals surface area contributed by atoms with Crippen molar-refractivity contribution in [2.24, 2.45) is 0 Å². The average Bonchev–Trinajstić information content (AvgIpc) is 3.45. The van der Waals surface area contributed by atoms with Gasteiger partial charge in [-0.25, -0.2) is 9.59 Å². The second-order valence-corrected chi connectivity index (χ2v) is 12.4. The zero-order valence-electron chi connectivity index (χ0n) is 23.7. The Morgan fingerprint density at radius 1 is 1.25 bits per heavy atom. The van der Waals surface area contributed by atoms with Gasteiger partial charge in [0.2, 0.25) is 6.23 Å². The highest BCUT2D eigenvalue weighted by Gasteiger charge is 2.59. The highest BCUT2D eigenvalue weighted by Crippen LogP contribution is 2.43. The number of aromatic nitrogens is 2. The Morgan fingerprint density at radius 3 is 2.48 bits per heavy atom. The Morgan fingerprint density at radius 2 is 1.91 bits per heavy atom. The number of phosphoric ester groups is 1. The molecule has 1 saturated heterocycles. The van der Waals surface area contributed by atoms with E-state index in [0.29, 0.717) is 20.4 Å². The number of aliphatic hydroxyl groups is 1. The van der Waals surface area contributed by atoms with Crippen molar-refractivity contribution in [2.45, 2.75) is 51.7 Å². The third kappa shape index (κ3) is 9.37. The van der Waals surface area contributed by atoms with E-state index >= 15 is 0 Å². The maximum Gasteiger partial charge on any atom is 0.413 e. The number of quaternary nitrogens is 1. The molecule has 1 aromatic carbocycles. The molecule has 4 rings (SSSR count). The van der Waals surface area contributed by atoms with Crippen LogP contribution in [0.2, 0.25) is 0 Å². The minimum Gasteiger partial charge on any atom is -0.756 e. The molecule has 19 heteroatoms. The molecule has 0 bridgehead atoms. The van der Waals surface area contributed by atoms with E-state index in [1.165, 1.54) is 19.6 Å². The molecule has 3 heterocycles. The molecular formula is C25H31Br2F2N4O10P. The van der Waals surface area contributed by atoms with Gasteiger partial charge in [-0.1, -0.05) is 15.9 Å². The number of hydrogen-bond donors (Lipinski definition) is 4. The molecule has 1 aliphatic heterocycles. The van der Waals surface area contributed by atoms with E-state index in [1.54, 1.807) is 23.1 Å². The monoisotopic (exact) mass is 774 g/mol. The van der Waals surface area contributed by atoms with Crippen LogP contribution in [0.25, 0.3) is 11.0 Å². The van der Waals surface area contributed by atoms with Gasteiger partial charge in [0.15, 0.2) is 12.7 Å². The van der Waals surface area contributed by atoms with Crippen molar-refractivity contribution in [1.29, 1.82) is 0 Å². The summed E-state index contributed by atoms with van der Waals surface area (Å²) in [4.78, 5) is 48.9. The second-order valence-electron chi connectivity index (χ2n) is 9.44. The van der Waals surface area contributed by atoms with Crippen LogP contribution in [0.5, 0.6) is 0 Å².